The minimum atomic E-state index is -3.11. The van der Waals surface area contributed by atoms with Crippen LogP contribution in [0.25, 0.3) is 0 Å². The van der Waals surface area contributed by atoms with Crippen LogP contribution in [0.4, 0.5) is 5.69 Å². The number of carbonyl (C=O) groups excluding carboxylic acids is 1. The molecule has 0 spiro atoms. The van der Waals surface area contributed by atoms with Gasteiger partial charge in [0.2, 0.25) is 10.0 Å². The van der Waals surface area contributed by atoms with Crippen LogP contribution in [-0.2, 0) is 16.6 Å². The van der Waals surface area contributed by atoms with E-state index in [0.29, 0.717) is 42.5 Å². The van der Waals surface area contributed by atoms with Crippen molar-refractivity contribution in [3.8, 4) is 0 Å². The molecule has 1 aliphatic rings. The fourth-order valence-corrected chi connectivity index (χ4v) is 4.01. The summed E-state index contributed by atoms with van der Waals surface area (Å²) in [5, 5.41) is 3.30. The largest absolute Gasteiger partial charge is 0.321 e. The van der Waals surface area contributed by atoms with Gasteiger partial charge in [0.25, 0.3) is 5.91 Å². The molecule has 0 atom stereocenters. The number of sulfonamides is 1. The number of carbonyl (C=O) groups is 1. The highest BCUT2D eigenvalue weighted by atomic mass is 35.5. The summed E-state index contributed by atoms with van der Waals surface area (Å²) in [6, 6.07) is 14.5. The number of hydrogen-bond acceptors (Lipinski definition) is 4. The Balaban J connectivity index is 1.56. The number of rotatable bonds is 5. The summed E-state index contributed by atoms with van der Waals surface area (Å²) in [7, 11) is -3.11. The molecule has 0 aliphatic carbocycles. The number of halogens is 1. The maximum absolute atomic E-state index is 12.4. The molecule has 0 saturated carbocycles. The number of nitrogens with one attached hydrogen (secondary N) is 1. The number of para-hydroxylation sites is 1. The Morgan fingerprint density at radius 2 is 1.67 bits per heavy atom. The zero-order chi connectivity index (χ0) is 19.4. The molecule has 1 fully saturated rings. The average Bonchev–Trinajstić information content (AvgIpc) is 2.64. The first kappa shape index (κ1) is 19.8. The van der Waals surface area contributed by atoms with Gasteiger partial charge in [-0.25, -0.2) is 8.42 Å². The van der Waals surface area contributed by atoms with Crippen molar-refractivity contribution in [2.75, 3.05) is 37.8 Å². The van der Waals surface area contributed by atoms with E-state index in [4.69, 9.17) is 11.6 Å². The summed E-state index contributed by atoms with van der Waals surface area (Å²) in [6.07, 6.45) is 1.25. The highest BCUT2D eigenvalue weighted by Crippen LogP contribution is 2.21. The van der Waals surface area contributed by atoms with E-state index in [2.05, 4.69) is 10.2 Å². The maximum Gasteiger partial charge on any atom is 0.255 e. The van der Waals surface area contributed by atoms with Crippen LogP contribution in [0, 0.1) is 0 Å². The predicted molar refractivity (Wildman–Crippen MR) is 108 cm³/mol. The van der Waals surface area contributed by atoms with Gasteiger partial charge in [-0.3, -0.25) is 9.69 Å². The van der Waals surface area contributed by atoms with Crippen molar-refractivity contribution in [1.29, 1.82) is 0 Å². The Morgan fingerprint density at radius 3 is 2.26 bits per heavy atom. The molecule has 0 radical (unpaired) electrons. The summed E-state index contributed by atoms with van der Waals surface area (Å²) in [5.41, 5.74) is 2.22. The average molecular weight is 408 g/mol. The van der Waals surface area contributed by atoms with E-state index < -0.39 is 10.0 Å². The Hall–Kier alpha value is -1.93. The van der Waals surface area contributed by atoms with Gasteiger partial charge in [0.15, 0.2) is 0 Å². The third-order valence-electron chi connectivity index (χ3n) is 4.54. The predicted octanol–water partition coefficient (Wildman–Crippen LogP) is 2.67. The monoisotopic (exact) mass is 407 g/mol. The van der Waals surface area contributed by atoms with Crippen LogP contribution in [0.2, 0.25) is 5.02 Å². The number of anilines is 1. The van der Waals surface area contributed by atoms with Crippen LogP contribution in [-0.4, -0.2) is 56.0 Å². The van der Waals surface area contributed by atoms with Crippen molar-refractivity contribution in [3.63, 3.8) is 0 Å². The van der Waals surface area contributed by atoms with Gasteiger partial charge in [-0.15, -0.1) is 0 Å². The quantitative estimate of drug-likeness (QED) is 0.827. The topological polar surface area (TPSA) is 69.7 Å². The van der Waals surface area contributed by atoms with E-state index in [1.165, 1.54) is 10.6 Å². The molecule has 1 aliphatic heterocycles. The molecule has 1 saturated heterocycles. The van der Waals surface area contributed by atoms with Crippen molar-refractivity contribution in [2.24, 2.45) is 0 Å². The van der Waals surface area contributed by atoms with Crippen molar-refractivity contribution < 1.29 is 13.2 Å². The molecule has 0 unspecified atom stereocenters. The highest BCUT2D eigenvalue weighted by molar-refractivity contribution is 7.88. The SMILES string of the molecule is CS(=O)(=O)N1CCN(Cc2ccc(C(=O)Nc3ccccc3Cl)cc2)CC1. The van der Waals surface area contributed by atoms with E-state index in [9.17, 15) is 13.2 Å². The van der Waals surface area contributed by atoms with Crippen molar-refractivity contribution in [2.45, 2.75) is 6.54 Å². The number of hydrogen-bond donors (Lipinski definition) is 1. The molecule has 8 heteroatoms. The highest BCUT2D eigenvalue weighted by Gasteiger charge is 2.23. The lowest BCUT2D eigenvalue weighted by molar-refractivity contribution is 0.102. The number of amides is 1. The van der Waals surface area contributed by atoms with Gasteiger partial charge >= 0.3 is 0 Å². The fraction of sp³-hybridized carbons (Fsp3) is 0.316. The van der Waals surface area contributed by atoms with E-state index in [0.717, 1.165) is 12.1 Å². The lowest BCUT2D eigenvalue weighted by atomic mass is 10.1. The van der Waals surface area contributed by atoms with E-state index in [1.807, 2.05) is 24.3 Å². The van der Waals surface area contributed by atoms with E-state index in [-0.39, 0.29) is 5.91 Å². The van der Waals surface area contributed by atoms with Crippen LogP contribution >= 0.6 is 11.6 Å². The van der Waals surface area contributed by atoms with Crippen molar-refractivity contribution in [1.82, 2.24) is 9.21 Å². The Labute approximate surface area is 164 Å². The zero-order valence-corrected chi connectivity index (χ0v) is 16.6. The van der Waals surface area contributed by atoms with Gasteiger partial charge < -0.3 is 5.32 Å². The van der Waals surface area contributed by atoms with Gasteiger partial charge in [0.05, 0.1) is 17.0 Å². The molecule has 27 heavy (non-hydrogen) atoms. The first-order chi connectivity index (χ1) is 12.8. The smallest absolute Gasteiger partial charge is 0.255 e. The zero-order valence-electron chi connectivity index (χ0n) is 15.1. The van der Waals surface area contributed by atoms with Crippen LogP contribution < -0.4 is 5.32 Å². The summed E-state index contributed by atoms with van der Waals surface area (Å²) in [6.45, 7) is 3.14. The molecular weight excluding hydrogens is 386 g/mol. The van der Waals surface area contributed by atoms with Crippen LogP contribution in [0.1, 0.15) is 15.9 Å². The molecular formula is C19H22ClN3O3S. The second-order valence-corrected chi connectivity index (χ2v) is 8.96. The molecule has 6 nitrogen and oxygen atoms in total. The van der Waals surface area contributed by atoms with Gasteiger partial charge in [-0.2, -0.15) is 4.31 Å². The molecule has 1 amide bonds. The van der Waals surface area contributed by atoms with Gasteiger partial charge in [0, 0.05) is 38.3 Å². The van der Waals surface area contributed by atoms with Crippen LogP contribution in [0.3, 0.4) is 0 Å². The van der Waals surface area contributed by atoms with E-state index >= 15 is 0 Å². The summed E-state index contributed by atoms with van der Waals surface area (Å²) < 4.78 is 24.6. The van der Waals surface area contributed by atoms with Gasteiger partial charge in [0.1, 0.15) is 0 Å². The number of piperazine rings is 1. The Morgan fingerprint density at radius 1 is 1.04 bits per heavy atom. The standard InChI is InChI=1S/C19H22ClN3O3S/c1-27(25,26)23-12-10-22(11-13-23)14-15-6-8-16(9-7-15)19(24)21-18-5-3-2-4-17(18)20/h2-9H,10-14H2,1H3,(H,21,24). The molecule has 0 bridgehead atoms. The minimum Gasteiger partial charge on any atom is -0.321 e. The molecule has 144 valence electrons. The summed E-state index contributed by atoms with van der Waals surface area (Å²) >= 11 is 6.07. The Kier molecular flexibility index (Phi) is 6.16. The van der Waals surface area contributed by atoms with Crippen LogP contribution in [0.5, 0.6) is 0 Å². The first-order valence-electron chi connectivity index (χ1n) is 8.65. The second-order valence-electron chi connectivity index (χ2n) is 6.57. The fourth-order valence-electron chi connectivity index (χ4n) is 3.00. The minimum absolute atomic E-state index is 0.212. The summed E-state index contributed by atoms with van der Waals surface area (Å²) in [5.74, 6) is -0.212. The molecule has 3 rings (SSSR count). The second kappa shape index (κ2) is 8.39. The normalized spacial score (nSPS) is 16.2. The lowest BCUT2D eigenvalue weighted by Crippen LogP contribution is -2.47. The third kappa shape index (κ3) is 5.29. The molecule has 2 aromatic carbocycles. The van der Waals surface area contributed by atoms with Crippen molar-refractivity contribution in [3.05, 3.63) is 64.7 Å². The third-order valence-corrected chi connectivity index (χ3v) is 6.18. The molecule has 1 heterocycles. The number of nitrogens with zero attached hydrogens (tertiary/aromatic N) is 2. The molecule has 2 aromatic rings. The first-order valence-corrected chi connectivity index (χ1v) is 10.9. The van der Waals surface area contributed by atoms with E-state index in [1.54, 1.807) is 24.3 Å². The Bertz CT molecular complexity index is 908. The van der Waals surface area contributed by atoms with Crippen molar-refractivity contribution >= 4 is 33.2 Å². The molecule has 0 aromatic heterocycles. The number of benzene rings is 2. The van der Waals surface area contributed by atoms with Gasteiger partial charge in [-0.05, 0) is 29.8 Å². The maximum atomic E-state index is 12.4. The molecule has 1 N–H and O–H groups in total. The summed E-state index contributed by atoms with van der Waals surface area (Å²) in [4.78, 5) is 14.6. The van der Waals surface area contributed by atoms with Crippen LogP contribution in [0.15, 0.2) is 48.5 Å². The van der Waals surface area contributed by atoms with Gasteiger partial charge in [-0.1, -0.05) is 35.9 Å². The lowest BCUT2D eigenvalue weighted by Gasteiger charge is -2.33.